The molecule has 0 saturated heterocycles. The van der Waals surface area contributed by atoms with E-state index in [-0.39, 0.29) is 0 Å². The molecule has 0 heterocycles. The smallest absolute Gasteiger partial charge is 0.0141 e. The third-order valence-corrected chi connectivity index (χ3v) is 7.08. The molecule has 0 heteroatoms. The van der Waals surface area contributed by atoms with E-state index in [0.29, 0.717) is 5.41 Å². The van der Waals surface area contributed by atoms with E-state index in [0.717, 1.165) is 17.8 Å². The van der Waals surface area contributed by atoms with Gasteiger partial charge in [-0.1, -0.05) is 63.5 Å². The summed E-state index contributed by atoms with van der Waals surface area (Å²) in [6.07, 6.45) is 17.2. The molecule has 3 saturated carbocycles. The normalized spacial score (nSPS) is 42.9. The van der Waals surface area contributed by atoms with Gasteiger partial charge in [-0.15, -0.1) is 0 Å². The van der Waals surface area contributed by atoms with Crippen LogP contribution in [-0.2, 0) is 0 Å². The van der Waals surface area contributed by atoms with E-state index in [1.165, 1.54) is 68.9 Å². The molecule has 0 aromatic heterocycles. The van der Waals surface area contributed by atoms with Crippen molar-refractivity contribution in [3.05, 3.63) is 35.5 Å². The SMILES string of the molecule is C=C1CC[C@H](C)C/C1=C\C=C1/CCCC[C@]2(C)C(CC)CC12. The lowest BCUT2D eigenvalue weighted by Gasteiger charge is -2.55. The zero-order chi connectivity index (χ0) is 15.7. The van der Waals surface area contributed by atoms with Crippen LogP contribution in [0.5, 0.6) is 0 Å². The van der Waals surface area contributed by atoms with Crippen molar-refractivity contribution in [1.29, 1.82) is 0 Å². The molecule has 3 rings (SSSR count). The maximum Gasteiger partial charge on any atom is -0.0141 e. The van der Waals surface area contributed by atoms with E-state index < -0.39 is 0 Å². The second-order valence-corrected chi connectivity index (χ2v) is 8.49. The molecular weight excluding hydrogens is 264 g/mol. The molecule has 0 spiro atoms. The molecule has 3 aliphatic rings. The summed E-state index contributed by atoms with van der Waals surface area (Å²) in [7, 11) is 0. The van der Waals surface area contributed by atoms with Crippen LogP contribution in [0.1, 0.15) is 78.6 Å². The Balaban J connectivity index is 1.79. The predicted molar refractivity (Wildman–Crippen MR) is 96.8 cm³/mol. The highest BCUT2D eigenvalue weighted by Gasteiger charge is 2.51. The number of hydrogen-bond donors (Lipinski definition) is 0. The van der Waals surface area contributed by atoms with Crippen molar-refractivity contribution in [2.45, 2.75) is 78.6 Å². The second kappa shape index (κ2) is 6.38. The summed E-state index contributed by atoms with van der Waals surface area (Å²) in [6.45, 7) is 11.6. The first-order chi connectivity index (χ1) is 10.5. The van der Waals surface area contributed by atoms with Crippen molar-refractivity contribution in [3.63, 3.8) is 0 Å². The van der Waals surface area contributed by atoms with Gasteiger partial charge in [0.15, 0.2) is 0 Å². The number of fused-ring (bicyclic) bond motifs is 1. The van der Waals surface area contributed by atoms with Crippen LogP contribution in [-0.4, -0.2) is 0 Å². The molecule has 0 bridgehead atoms. The molecule has 22 heavy (non-hydrogen) atoms. The Labute approximate surface area is 137 Å². The average molecular weight is 299 g/mol. The fraction of sp³-hybridized carbons (Fsp3) is 0.727. The lowest BCUT2D eigenvalue weighted by atomic mass is 9.50. The highest BCUT2D eigenvalue weighted by molar-refractivity contribution is 5.36. The molecule has 3 aliphatic carbocycles. The van der Waals surface area contributed by atoms with Gasteiger partial charge in [-0.3, -0.25) is 0 Å². The minimum atomic E-state index is 0.604. The lowest BCUT2D eigenvalue weighted by Crippen LogP contribution is -2.46. The number of allylic oxidation sites excluding steroid dienone is 5. The Kier molecular flexibility index (Phi) is 4.67. The van der Waals surface area contributed by atoms with E-state index in [1.807, 2.05) is 0 Å². The Hall–Kier alpha value is -0.780. The average Bonchev–Trinajstić information content (AvgIpc) is 2.61. The molecule has 0 amide bonds. The molecule has 0 radical (unpaired) electrons. The summed E-state index contributed by atoms with van der Waals surface area (Å²) in [5, 5.41) is 0. The Bertz CT molecular complexity index is 492. The van der Waals surface area contributed by atoms with Gasteiger partial charge in [0.2, 0.25) is 0 Å². The lowest BCUT2D eigenvalue weighted by molar-refractivity contribution is -0.0219. The topological polar surface area (TPSA) is 0 Å². The van der Waals surface area contributed by atoms with Crippen LogP contribution in [0.25, 0.3) is 0 Å². The fourth-order valence-electron chi connectivity index (χ4n) is 5.34. The molecule has 4 atom stereocenters. The molecule has 2 unspecified atom stereocenters. The third-order valence-electron chi connectivity index (χ3n) is 7.08. The summed E-state index contributed by atoms with van der Waals surface area (Å²) in [4.78, 5) is 0. The van der Waals surface area contributed by atoms with Gasteiger partial charge in [-0.2, -0.15) is 0 Å². The monoisotopic (exact) mass is 298 g/mol. The van der Waals surface area contributed by atoms with Gasteiger partial charge in [-0.25, -0.2) is 0 Å². The van der Waals surface area contributed by atoms with Crippen LogP contribution in [0.4, 0.5) is 0 Å². The van der Waals surface area contributed by atoms with Crippen molar-refractivity contribution in [2.24, 2.45) is 23.2 Å². The Morgan fingerprint density at radius 2 is 2.05 bits per heavy atom. The zero-order valence-corrected chi connectivity index (χ0v) is 15.0. The molecule has 0 nitrogen and oxygen atoms in total. The van der Waals surface area contributed by atoms with Crippen molar-refractivity contribution in [3.8, 4) is 0 Å². The van der Waals surface area contributed by atoms with E-state index in [2.05, 4.69) is 39.5 Å². The van der Waals surface area contributed by atoms with Crippen molar-refractivity contribution in [2.75, 3.05) is 0 Å². The molecule has 0 aromatic rings. The van der Waals surface area contributed by atoms with Crippen LogP contribution >= 0.6 is 0 Å². The summed E-state index contributed by atoms with van der Waals surface area (Å²) < 4.78 is 0. The van der Waals surface area contributed by atoms with E-state index >= 15 is 0 Å². The van der Waals surface area contributed by atoms with E-state index in [1.54, 1.807) is 5.57 Å². The van der Waals surface area contributed by atoms with Gasteiger partial charge < -0.3 is 0 Å². The summed E-state index contributed by atoms with van der Waals surface area (Å²) in [5.41, 5.74) is 5.28. The van der Waals surface area contributed by atoms with Crippen LogP contribution in [0, 0.1) is 23.2 Å². The highest BCUT2D eigenvalue weighted by Crippen LogP contribution is 2.60. The quantitative estimate of drug-likeness (QED) is 0.523. The van der Waals surface area contributed by atoms with Gasteiger partial charge in [0.25, 0.3) is 0 Å². The molecule has 0 aliphatic heterocycles. The van der Waals surface area contributed by atoms with Gasteiger partial charge in [0, 0.05) is 0 Å². The maximum absolute atomic E-state index is 4.30. The first-order valence-corrected chi connectivity index (χ1v) is 9.62. The van der Waals surface area contributed by atoms with E-state index in [9.17, 15) is 0 Å². The zero-order valence-electron chi connectivity index (χ0n) is 15.0. The predicted octanol–water partition coefficient (Wildman–Crippen LogP) is 6.84. The second-order valence-electron chi connectivity index (χ2n) is 8.49. The van der Waals surface area contributed by atoms with Crippen LogP contribution in [0.3, 0.4) is 0 Å². The van der Waals surface area contributed by atoms with Gasteiger partial charge in [-0.05, 0) is 73.7 Å². The first kappa shape index (κ1) is 16.1. The standard InChI is InChI=1S/C22H34/c1-5-20-15-21-18(8-6-7-13-22(20,21)4)11-12-19-14-16(2)9-10-17(19)3/h11-12,16,20-21H,3,5-10,13-15H2,1-2,4H3/b18-11+,19-12+/t16-,20?,21?,22+/m0/s1. The number of rotatable bonds is 2. The molecule has 3 fully saturated rings. The minimum absolute atomic E-state index is 0.604. The number of hydrogen-bond acceptors (Lipinski definition) is 0. The van der Waals surface area contributed by atoms with Crippen LogP contribution in [0.2, 0.25) is 0 Å². The summed E-state index contributed by atoms with van der Waals surface area (Å²) in [5.74, 6) is 2.67. The third kappa shape index (κ3) is 2.86. The molecule has 122 valence electrons. The first-order valence-electron chi connectivity index (χ1n) is 9.62. The van der Waals surface area contributed by atoms with E-state index in [4.69, 9.17) is 0 Å². The largest absolute Gasteiger partial charge is 0.0956 e. The van der Waals surface area contributed by atoms with Crippen molar-refractivity contribution < 1.29 is 0 Å². The van der Waals surface area contributed by atoms with Crippen LogP contribution in [0.15, 0.2) is 35.5 Å². The van der Waals surface area contributed by atoms with Crippen LogP contribution < -0.4 is 0 Å². The molecule has 0 aromatic carbocycles. The summed E-state index contributed by atoms with van der Waals surface area (Å²) >= 11 is 0. The summed E-state index contributed by atoms with van der Waals surface area (Å²) in [6, 6.07) is 0. The van der Waals surface area contributed by atoms with Crippen molar-refractivity contribution in [1.82, 2.24) is 0 Å². The van der Waals surface area contributed by atoms with Crippen molar-refractivity contribution >= 4 is 0 Å². The molecule has 0 N–H and O–H groups in total. The fourth-order valence-corrected chi connectivity index (χ4v) is 5.34. The van der Waals surface area contributed by atoms with Gasteiger partial charge in [0.1, 0.15) is 0 Å². The Morgan fingerprint density at radius 1 is 1.23 bits per heavy atom. The Morgan fingerprint density at radius 3 is 2.82 bits per heavy atom. The highest BCUT2D eigenvalue weighted by atomic mass is 14.6. The van der Waals surface area contributed by atoms with Gasteiger partial charge >= 0.3 is 0 Å². The maximum atomic E-state index is 4.30. The van der Waals surface area contributed by atoms with Gasteiger partial charge in [0.05, 0.1) is 0 Å². The molecular formula is C22H34. The minimum Gasteiger partial charge on any atom is -0.0956 e.